The van der Waals surface area contributed by atoms with Gasteiger partial charge in [-0.2, -0.15) is 0 Å². The number of amides is 2. The van der Waals surface area contributed by atoms with Crippen LogP contribution in [-0.2, 0) is 26.3 Å². The van der Waals surface area contributed by atoms with Crippen LogP contribution in [0, 0.1) is 5.92 Å². The number of halogens is 2. The molecule has 0 aliphatic carbocycles. The van der Waals surface area contributed by atoms with Crippen LogP contribution < -0.4 is 5.48 Å². The minimum atomic E-state index is -3.29. The molecule has 3 aromatic rings. The molecule has 2 heterocycles. The maximum atomic E-state index is 14.0. The molecule has 1 N–H and O–H groups in total. The summed E-state index contributed by atoms with van der Waals surface area (Å²) in [6.07, 6.45) is 2.40. The van der Waals surface area contributed by atoms with E-state index in [9.17, 15) is 18.0 Å². The summed E-state index contributed by atoms with van der Waals surface area (Å²) in [6, 6.07) is 20.9. The first-order valence-electron chi connectivity index (χ1n) is 13.4. The smallest absolute Gasteiger partial charge is 0.254 e. The topological polar surface area (TPSA) is 96.0 Å². The zero-order valence-corrected chi connectivity index (χ0v) is 24.8. The third-order valence-electron chi connectivity index (χ3n) is 7.75. The summed E-state index contributed by atoms with van der Waals surface area (Å²) < 4.78 is 25.6. The largest absolute Gasteiger partial charge is 0.330 e. The monoisotopic (exact) mass is 615 g/mol. The molecule has 0 unspecified atom stereocenters. The summed E-state index contributed by atoms with van der Waals surface area (Å²) in [5.41, 5.74) is 5.12. The van der Waals surface area contributed by atoms with Crippen molar-refractivity contribution in [1.29, 1.82) is 0 Å². The molecule has 1 saturated heterocycles. The highest BCUT2D eigenvalue weighted by Crippen LogP contribution is 2.46. The summed E-state index contributed by atoms with van der Waals surface area (Å²) in [5.74, 6) is -1.41. The van der Waals surface area contributed by atoms with Gasteiger partial charge in [0.15, 0.2) is 0 Å². The highest BCUT2D eigenvalue weighted by Gasteiger charge is 2.46. The molecule has 11 heteroatoms. The van der Waals surface area contributed by atoms with Gasteiger partial charge >= 0.3 is 0 Å². The molecule has 0 spiro atoms. The van der Waals surface area contributed by atoms with E-state index >= 15 is 0 Å². The van der Waals surface area contributed by atoms with E-state index in [-0.39, 0.29) is 18.4 Å². The lowest BCUT2D eigenvalue weighted by molar-refractivity contribution is -0.138. The SMILES string of the molecule is CS(=O)(=O)N1CCC(CN2C(=O)c3ccccc3[C@@H](C(=O)NOCc3ccccc3)[C@@H]2c2ccc(Cl)cc2Cl)CC1. The molecule has 2 amide bonds. The van der Waals surface area contributed by atoms with E-state index < -0.39 is 27.9 Å². The van der Waals surface area contributed by atoms with Gasteiger partial charge in [-0.05, 0) is 53.6 Å². The molecule has 2 aliphatic heterocycles. The van der Waals surface area contributed by atoms with Crippen LogP contribution in [0.5, 0.6) is 0 Å². The first-order chi connectivity index (χ1) is 19.6. The third kappa shape index (κ3) is 6.60. The van der Waals surface area contributed by atoms with Gasteiger partial charge in [0.1, 0.15) is 0 Å². The molecule has 8 nitrogen and oxygen atoms in total. The minimum absolute atomic E-state index is 0.0360. The van der Waals surface area contributed by atoms with Crippen molar-refractivity contribution in [1.82, 2.24) is 14.7 Å². The zero-order chi connectivity index (χ0) is 29.1. The number of benzene rings is 3. The van der Waals surface area contributed by atoms with Crippen molar-refractivity contribution in [2.45, 2.75) is 31.4 Å². The van der Waals surface area contributed by atoms with Crippen LogP contribution in [0.2, 0.25) is 10.0 Å². The van der Waals surface area contributed by atoms with Gasteiger partial charge in [-0.15, -0.1) is 0 Å². The molecule has 0 aromatic heterocycles. The van der Waals surface area contributed by atoms with Crippen LogP contribution in [-0.4, -0.2) is 55.3 Å². The second kappa shape index (κ2) is 12.5. The van der Waals surface area contributed by atoms with Crippen LogP contribution in [0.1, 0.15) is 51.8 Å². The number of fused-ring (bicyclic) bond motifs is 1. The molecular weight excluding hydrogens is 585 g/mol. The van der Waals surface area contributed by atoms with E-state index in [0.717, 1.165) is 5.56 Å². The van der Waals surface area contributed by atoms with Crippen molar-refractivity contribution in [3.8, 4) is 0 Å². The predicted octanol–water partition coefficient (Wildman–Crippen LogP) is 5.19. The van der Waals surface area contributed by atoms with Crippen molar-refractivity contribution in [3.05, 3.63) is 105 Å². The standard InChI is InChI=1S/C30H31Cl2N3O5S/c1-41(38,39)34-15-13-20(14-16-34)18-35-28(25-12-11-22(31)17-26(25)32)27(23-9-5-6-10-24(23)30(35)37)29(36)33-40-19-21-7-3-2-4-8-21/h2-12,17,20,27-28H,13-16,18-19H2,1H3,(H,33,36)/t27-,28+/m1/s1. The normalized spacial score (nSPS) is 20.1. The van der Waals surface area contributed by atoms with E-state index in [1.807, 2.05) is 30.3 Å². The lowest BCUT2D eigenvalue weighted by Gasteiger charge is -2.44. The predicted molar refractivity (Wildman–Crippen MR) is 158 cm³/mol. The molecule has 5 rings (SSSR count). The number of nitrogens with one attached hydrogen (secondary N) is 1. The van der Waals surface area contributed by atoms with Crippen LogP contribution in [0.4, 0.5) is 0 Å². The molecule has 0 saturated carbocycles. The van der Waals surface area contributed by atoms with Crippen LogP contribution >= 0.6 is 23.2 Å². The molecule has 2 aliphatic rings. The van der Waals surface area contributed by atoms with Gasteiger partial charge < -0.3 is 4.90 Å². The summed E-state index contributed by atoms with van der Waals surface area (Å²) >= 11 is 12.9. The van der Waals surface area contributed by atoms with E-state index in [1.54, 1.807) is 47.4 Å². The van der Waals surface area contributed by atoms with Gasteiger partial charge in [0.25, 0.3) is 11.8 Å². The number of hydroxylamine groups is 1. The second-order valence-electron chi connectivity index (χ2n) is 10.5. The highest BCUT2D eigenvalue weighted by atomic mass is 35.5. The van der Waals surface area contributed by atoms with Crippen molar-refractivity contribution in [2.24, 2.45) is 5.92 Å². The summed E-state index contributed by atoms with van der Waals surface area (Å²) in [7, 11) is -3.29. The molecule has 1 fully saturated rings. The first-order valence-corrected chi connectivity index (χ1v) is 16.0. The van der Waals surface area contributed by atoms with Crippen LogP contribution in [0.25, 0.3) is 0 Å². The molecular formula is C30H31Cl2N3O5S. The summed E-state index contributed by atoms with van der Waals surface area (Å²) in [5, 5.41) is 0.780. The van der Waals surface area contributed by atoms with Crippen molar-refractivity contribution < 1.29 is 22.8 Å². The first kappa shape index (κ1) is 29.5. The average Bonchev–Trinajstić information content (AvgIpc) is 2.95. The van der Waals surface area contributed by atoms with E-state index in [2.05, 4.69) is 5.48 Å². The quantitative estimate of drug-likeness (QED) is 0.352. The van der Waals surface area contributed by atoms with Crippen LogP contribution in [0.15, 0.2) is 72.8 Å². The molecule has 0 radical (unpaired) electrons. The lowest BCUT2D eigenvalue weighted by atomic mass is 9.78. The van der Waals surface area contributed by atoms with Gasteiger partial charge in [-0.1, -0.05) is 77.8 Å². The Bertz CT molecular complexity index is 1530. The fourth-order valence-corrected chi connectivity index (χ4v) is 7.09. The van der Waals surface area contributed by atoms with E-state index in [4.69, 9.17) is 28.0 Å². The Morgan fingerprint density at radius 2 is 1.66 bits per heavy atom. The van der Waals surface area contributed by atoms with Gasteiger partial charge in [0, 0.05) is 35.2 Å². The Labute approximate surface area is 250 Å². The molecule has 41 heavy (non-hydrogen) atoms. The van der Waals surface area contributed by atoms with E-state index in [0.29, 0.717) is 59.2 Å². The van der Waals surface area contributed by atoms with Crippen molar-refractivity contribution >= 4 is 45.0 Å². The number of nitrogens with zero attached hydrogens (tertiary/aromatic N) is 2. The highest BCUT2D eigenvalue weighted by molar-refractivity contribution is 7.88. The number of hydrogen-bond acceptors (Lipinski definition) is 5. The Morgan fingerprint density at radius 3 is 2.34 bits per heavy atom. The Morgan fingerprint density at radius 1 is 0.976 bits per heavy atom. The van der Waals surface area contributed by atoms with E-state index in [1.165, 1.54) is 10.6 Å². The fourth-order valence-electron chi connectivity index (χ4n) is 5.69. The fraction of sp³-hybridized carbons (Fsp3) is 0.333. The average molecular weight is 617 g/mol. The minimum Gasteiger partial charge on any atom is -0.330 e. The molecule has 216 valence electrons. The van der Waals surface area contributed by atoms with Gasteiger partial charge in [-0.25, -0.2) is 18.2 Å². The number of sulfonamides is 1. The second-order valence-corrected chi connectivity index (χ2v) is 13.3. The zero-order valence-electron chi connectivity index (χ0n) is 22.5. The summed E-state index contributed by atoms with van der Waals surface area (Å²) in [6.45, 7) is 1.27. The Balaban J connectivity index is 1.49. The number of piperidine rings is 1. The maximum absolute atomic E-state index is 14.0. The number of carbonyl (C=O) groups excluding carboxylic acids is 2. The van der Waals surface area contributed by atoms with Gasteiger partial charge in [0.2, 0.25) is 10.0 Å². The Kier molecular flexibility index (Phi) is 9.01. The van der Waals surface area contributed by atoms with Gasteiger partial charge in [-0.3, -0.25) is 14.4 Å². The molecule has 3 aromatic carbocycles. The summed E-state index contributed by atoms with van der Waals surface area (Å²) in [4.78, 5) is 35.3. The van der Waals surface area contributed by atoms with Crippen molar-refractivity contribution in [2.75, 3.05) is 25.9 Å². The number of rotatable bonds is 8. The van der Waals surface area contributed by atoms with Crippen LogP contribution in [0.3, 0.4) is 0 Å². The number of hydrogen-bond donors (Lipinski definition) is 1. The molecule has 0 bridgehead atoms. The lowest BCUT2D eigenvalue weighted by Crippen LogP contribution is -2.50. The maximum Gasteiger partial charge on any atom is 0.254 e. The third-order valence-corrected chi connectivity index (χ3v) is 9.62. The van der Waals surface area contributed by atoms with Gasteiger partial charge in [0.05, 0.1) is 24.8 Å². The van der Waals surface area contributed by atoms with Crippen molar-refractivity contribution in [3.63, 3.8) is 0 Å². The number of carbonyl (C=O) groups is 2. The Hall–Kier alpha value is -2.95. The molecule has 2 atom stereocenters.